The van der Waals surface area contributed by atoms with Crippen LogP contribution >= 0.6 is 0 Å². The Balaban J connectivity index is 1.44. The van der Waals surface area contributed by atoms with Gasteiger partial charge in [0.05, 0.1) is 13.2 Å². The first-order valence-corrected chi connectivity index (χ1v) is 11.0. The second-order valence-electron chi connectivity index (χ2n) is 10.9. The van der Waals surface area contributed by atoms with E-state index in [1.54, 1.807) is 0 Å². The monoisotopic (exact) mass is 376 g/mol. The summed E-state index contributed by atoms with van der Waals surface area (Å²) < 4.78 is 12.1. The van der Waals surface area contributed by atoms with Gasteiger partial charge in [-0.15, -0.1) is 0 Å². The van der Waals surface area contributed by atoms with Crippen molar-refractivity contribution in [3.63, 3.8) is 0 Å². The van der Waals surface area contributed by atoms with Crippen molar-refractivity contribution in [1.82, 2.24) is 0 Å². The molecule has 0 radical (unpaired) electrons. The van der Waals surface area contributed by atoms with Crippen molar-refractivity contribution in [1.29, 1.82) is 0 Å². The minimum Gasteiger partial charge on any atom is -0.350 e. The molecule has 4 aliphatic rings. The van der Waals surface area contributed by atoms with Crippen LogP contribution in [0.25, 0.3) is 0 Å². The third-order valence-electron chi connectivity index (χ3n) is 8.30. The molecule has 4 fully saturated rings. The molecule has 152 valence electrons. The highest BCUT2D eigenvalue weighted by Gasteiger charge is 2.56. The lowest BCUT2D eigenvalue weighted by molar-refractivity contribution is -0.293. The number of Topliss-reactive ketones (excluding diaryl/α,β-unsaturated/α-hetero) is 2. The lowest BCUT2D eigenvalue weighted by Gasteiger charge is -2.50. The normalized spacial score (nSPS) is 43.3. The maximum absolute atomic E-state index is 12.8. The highest BCUT2D eigenvalue weighted by molar-refractivity contribution is 5.87. The molecule has 3 saturated carbocycles. The Morgan fingerprint density at radius 3 is 2.33 bits per heavy atom. The van der Waals surface area contributed by atoms with Crippen LogP contribution < -0.4 is 0 Å². The minimum absolute atomic E-state index is 0.0636. The molecule has 0 aromatic carbocycles. The van der Waals surface area contributed by atoms with E-state index in [4.69, 9.17) is 9.47 Å². The molecule has 3 aliphatic carbocycles. The minimum atomic E-state index is -0.560. The van der Waals surface area contributed by atoms with Crippen LogP contribution in [0.3, 0.4) is 0 Å². The highest BCUT2D eigenvalue weighted by atomic mass is 16.7. The molecule has 1 saturated heterocycles. The Morgan fingerprint density at radius 1 is 0.926 bits per heavy atom. The molecule has 1 heterocycles. The average molecular weight is 377 g/mol. The maximum Gasteiger partial charge on any atom is 0.165 e. The van der Waals surface area contributed by atoms with Crippen LogP contribution in [0.15, 0.2) is 0 Å². The summed E-state index contributed by atoms with van der Waals surface area (Å²) in [5, 5.41) is 0. The molecule has 0 bridgehead atoms. The Hall–Kier alpha value is -0.740. The summed E-state index contributed by atoms with van der Waals surface area (Å²) in [6.07, 6.45) is 7.11. The Kier molecular flexibility index (Phi) is 4.82. The molecule has 4 nitrogen and oxygen atoms in total. The van der Waals surface area contributed by atoms with Crippen LogP contribution in [0.5, 0.6) is 0 Å². The van der Waals surface area contributed by atoms with Crippen molar-refractivity contribution < 1.29 is 19.1 Å². The summed E-state index contributed by atoms with van der Waals surface area (Å²) in [5.41, 5.74) is -0.0483. The van der Waals surface area contributed by atoms with E-state index in [-0.39, 0.29) is 16.7 Å². The molecule has 27 heavy (non-hydrogen) atoms. The number of carbonyl (C=O) groups excluding carboxylic acids is 2. The lowest BCUT2D eigenvalue weighted by atomic mass is 9.53. The molecule has 5 atom stereocenters. The molecule has 1 aliphatic heterocycles. The zero-order valence-corrected chi connectivity index (χ0v) is 17.5. The predicted molar refractivity (Wildman–Crippen MR) is 103 cm³/mol. The van der Waals surface area contributed by atoms with Crippen molar-refractivity contribution in [3.05, 3.63) is 0 Å². The number of rotatable bonds is 3. The van der Waals surface area contributed by atoms with Crippen LogP contribution in [-0.2, 0) is 19.1 Å². The first-order valence-electron chi connectivity index (χ1n) is 11.0. The van der Waals surface area contributed by atoms with E-state index < -0.39 is 5.79 Å². The van der Waals surface area contributed by atoms with Crippen molar-refractivity contribution >= 4 is 11.6 Å². The summed E-state index contributed by atoms with van der Waals surface area (Å²) in [5.74, 6) is 1.98. The molecular formula is C23H36O4. The van der Waals surface area contributed by atoms with Gasteiger partial charge in [-0.25, -0.2) is 0 Å². The second kappa shape index (κ2) is 6.66. The first kappa shape index (κ1) is 19.6. The SMILES string of the molecule is CC1(C)COC(C)(CCC2C(=O)CC[C@@H]3[C@@H]2CC[C@]2(C)C(=O)CC[C@@H]32)OC1. The smallest absolute Gasteiger partial charge is 0.165 e. The van der Waals surface area contributed by atoms with Gasteiger partial charge in [0, 0.05) is 36.0 Å². The van der Waals surface area contributed by atoms with Crippen LogP contribution in [0.2, 0.25) is 0 Å². The van der Waals surface area contributed by atoms with Gasteiger partial charge in [0.1, 0.15) is 11.6 Å². The van der Waals surface area contributed by atoms with E-state index in [0.29, 0.717) is 49.0 Å². The largest absolute Gasteiger partial charge is 0.350 e. The number of hydrogen-bond acceptors (Lipinski definition) is 4. The van der Waals surface area contributed by atoms with Gasteiger partial charge in [-0.3, -0.25) is 9.59 Å². The maximum atomic E-state index is 12.8. The first-order chi connectivity index (χ1) is 12.6. The van der Waals surface area contributed by atoms with Crippen LogP contribution in [0, 0.1) is 34.5 Å². The Bertz CT molecular complexity index is 614. The van der Waals surface area contributed by atoms with Crippen molar-refractivity contribution in [2.45, 2.75) is 84.8 Å². The lowest BCUT2D eigenvalue weighted by Crippen LogP contribution is -2.49. The topological polar surface area (TPSA) is 52.6 Å². The average Bonchev–Trinajstić information content (AvgIpc) is 2.93. The van der Waals surface area contributed by atoms with Gasteiger partial charge in [0.15, 0.2) is 5.79 Å². The highest BCUT2D eigenvalue weighted by Crippen LogP contribution is 2.59. The van der Waals surface area contributed by atoms with Crippen molar-refractivity contribution in [2.75, 3.05) is 13.2 Å². The van der Waals surface area contributed by atoms with E-state index in [9.17, 15) is 9.59 Å². The molecule has 4 rings (SSSR count). The van der Waals surface area contributed by atoms with Crippen LogP contribution in [-0.4, -0.2) is 30.6 Å². The van der Waals surface area contributed by atoms with Gasteiger partial charge < -0.3 is 9.47 Å². The summed E-state index contributed by atoms with van der Waals surface area (Å²) in [7, 11) is 0. The number of ether oxygens (including phenoxy) is 2. The fraction of sp³-hybridized carbons (Fsp3) is 0.913. The summed E-state index contributed by atoms with van der Waals surface area (Å²) >= 11 is 0. The molecule has 0 N–H and O–H groups in total. The zero-order chi connectivity index (χ0) is 19.4. The van der Waals surface area contributed by atoms with E-state index in [1.165, 1.54) is 0 Å². The molecule has 0 aromatic heterocycles. The van der Waals surface area contributed by atoms with Gasteiger partial charge in [0.25, 0.3) is 0 Å². The predicted octanol–water partition coefficient (Wildman–Crippen LogP) is 4.55. The molecule has 0 spiro atoms. The summed E-state index contributed by atoms with van der Waals surface area (Å²) in [4.78, 5) is 25.3. The van der Waals surface area contributed by atoms with Crippen molar-refractivity contribution in [3.8, 4) is 0 Å². The fourth-order valence-electron chi connectivity index (χ4n) is 6.45. The van der Waals surface area contributed by atoms with Gasteiger partial charge in [0.2, 0.25) is 0 Å². The fourth-order valence-corrected chi connectivity index (χ4v) is 6.45. The van der Waals surface area contributed by atoms with E-state index >= 15 is 0 Å². The van der Waals surface area contributed by atoms with Gasteiger partial charge in [-0.1, -0.05) is 20.8 Å². The molecular weight excluding hydrogens is 340 g/mol. The van der Waals surface area contributed by atoms with Gasteiger partial charge >= 0.3 is 0 Å². The molecule has 4 heteroatoms. The quantitative estimate of drug-likeness (QED) is 0.725. The number of hydrogen-bond donors (Lipinski definition) is 0. The molecule has 1 unspecified atom stereocenters. The van der Waals surface area contributed by atoms with Crippen molar-refractivity contribution in [2.24, 2.45) is 34.5 Å². The number of ketones is 2. The third-order valence-corrected chi connectivity index (χ3v) is 8.30. The van der Waals surface area contributed by atoms with Gasteiger partial charge in [-0.05, 0) is 56.8 Å². The standard InChI is InChI=1S/C23H36O4/c1-21(2)13-26-23(4,27-14-21)12-10-17-15-9-11-22(3)18(6-8-20(22)25)16(15)5-7-19(17)24/h15-18H,5-14H2,1-4H3/t15-,16+,17?,18-,22-/m0/s1. The van der Waals surface area contributed by atoms with Crippen LogP contribution in [0.4, 0.5) is 0 Å². The second-order valence-corrected chi connectivity index (χ2v) is 10.9. The van der Waals surface area contributed by atoms with E-state index in [2.05, 4.69) is 20.8 Å². The van der Waals surface area contributed by atoms with Crippen LogP contribution in [0.1, 0.15) is 79.1 Å². The Morgan fingerprint density at radius 2 is 1.63 bits per heavy atom. The van der Waals surface area contributed by atoms with E-state index in [1.807, 2.05) is 6.92 Å². The Labute approximate surface area is 163 Å². The molecule has 0 amide bonds. The van der Waals surface area contributed by atoms with Gasteiger partial charge in [-0.2, -0.15) is 0 Å². The molecule has 0 aromatic rings. The zero-order valence-electron chi connectivity index (χ0n) is 17.5. The summed E-state index contributed by atoms with van der Waals surface area (Å²) in [6, 6.07) is 0. The summed E-state index contributed by atoms with van der Waals surface area (Å²) in [6.45, 7) is 9.95. The van der Waals surface area contributed by atoms with E-state index in [0.717, 1.165) is 44.9 Å². The third kappa shape index (κ3) is 3.42. The number of fused-ring (bicyclic) bond motifs is 3. The number of carbonyl (C=O) groups is 2.